The maximum absolute atomic E-state index is 13.2. The Morgan fingerprint density at radius 1 is 0.935 bits per heavy atom. The van der Waals surface area contributed by atoms with E-state index in [0.717, 1.165) is 24.0 Å². The zero-order chi connectivity index (χ0) is 23.0. The van der Waals surface area contributed by atoms with Gasteiger partial charge < -0.3 is 10.2 Å². The minimum atomic E-state index is -0.599. The molecule has 0 saturated carbocycles. The van der Waals surface area contributed by atoms with Crippen molar-refractivity contribution in [3.63, 3.8) is 0 Å². The van der Waals surface area contributed by atoms with E-state index in [4.69, 9.17) is 23.2 Å². The zero-order valence-electron chi connectivity index (χ0n) is 18.8. The Balaban J connectivity index is 2.16. The van der Waals surface area contributed by atoms with Crippen LogP contribution in [0.2, 0.25) is 10.0 Å². The molecular formula is C25H32Cl2N2O2. The van der Waals surface area contributed by atoms with Crippen molar-refractivity contribution in [3.05, 3.63) is 69.2 Å². The Bertz CT molecular complexity index is 884. The second kappa shape index (κ2) is 12.1. The predicted octanol–water partition coefficient (Wildman–Crippen LogP) is 5.82. The third-order valence-electron chi connectivity index (χ3n) is 5.56. The summed E-state index contributed by atoms with van der Waals surface area (Å²) in [5.74, 6) is -0.229. The smallest absolute Gasteiger partial charge is 0.242 e. The van der Waals surface area contributed by atoms with E-state index in [2.05, 4.69) is 36.5 Å². The molecule has 0 unspecified atom stereocenters. The first-order valence-electron chi connectivity index (χ1n) is 10.9. The lowest BCUT2D eigenvalue weighted by molar-refractivity contribution is -0.140. The summed E-state index contributed by atoms with van der Waals surface area (Å²) in [6.07, 6.45) is 2.76. The fourth-order valence-corrected chi connectivity index (χ4v) is 3.54. The number of hydrogen-bond donors (Lipinski definition) is 1. The van der Waals surface area contributed by atoms with E-state index < -0.39 is 6.04 Å². The van der Waals surface area contributed by atoms with E-state index in [-0.39, 0.29) is 17.9 Å². The SMILES string of the molecule is CCc1ccc(CCC(=O)N(Cc2ccc(Cl)c(Cl)c2)[C@H](C)C(=O)N[C@H](C)CC)cc1. The minimum absolute atomic E-state index is 0.0500. The Morgan fingerprint density at radius 3 is 2.13 bits per heavy atom. The lowest BCUT2D eigenvalue weighted by Gasteiger charge is -2.30. The molecule has 0 aliphatic heterocycles. The number of nitrogens with one attached hydrogen (secondary N) is 1. The van der Waals surface area contributed by atoms with Gasteiger partial charge in [-0.1, -0.05) is 67.4 Å². The Labute approximate surface area is 195 Å². The van der Waals surface area contributed by atoms with Gasteiger partial charge in [0.2, 0.25) is 11.8 Å². The van der Waals surface area contributed by atoms with Crippen LogP contribution in [0.5, 0.6) is 0 Å². The summed E-state index contributed by atoms with van der Waals surface area (Å²) in [4.78, 5) is 27.6. The maximum atomic E-state index is 13.2. The highest BCUT2D eigenvalue weighted by Gasteiger charge is 2.26. The van der Waals surface area contributed by atoms with Gasteiger partial charge in [0.25, 0.3) is 0 Å². The average molecular weight is 463 g/mol. The summed E-state index contributed by atoms with van der Waals surface area (Å²) in [6, 6.07) is 13.0. The Morgan fingerprint density at radius 2 is 1.55 bits per heavy atom. The van der Waals surface area contributed by atoms with Crippen LogP contribution in [0.25, 0.3) is 0 Å². The van der Waals surface area contributed by atoms with Crippen molar-refractivity contribution in [3.8, 4) is 0 Å². The van der Waals surface area contributed by atoms with Gasteiger partial charge in [-0.25, -0.2) is 0 Å². The lowest BCUT2D eigenvalue weighted by atomic mass is 10.0. The number of halogens is 2. The van der Waals surface area contributed by atoms with Gasteiger partial charge in [0.15, 0.2) is 0 Å². The third kappa shape index (κ3) is 7.55. The first-order chi connectivity index (χ1) is 14.7. The molecule has 0 bridgehead atoms. The first-order valence-corrected chi connectivity index (χ1v) is 11.6. The van der Waals surface area contributed by atoms with Crippen molar-refractivity contribution in [2.45, 2.75) is 72.0 Å². The summed E-state index contributed by atoms with van der Waals surface area (Å²) in [7, 11) is 0. The molecule has 0 aliphatic carbocycles. The topological polar surface area (TPSA) is 49.4 Å². The van der Waals surface area contributed by atoms with Crippen molar-refractivity contribution in [2.75, 3.05) is 0 Å². The molecule has 2 rings (SSSR count). The summed E-state index contributed by atoms with van der Waals surface area (Å²) in [6.45, 7) is 8.14. The highest BCUT2D eigenvalue weighted by atomic mass is 35.5. The molecule has 1 N–H and O–H groups in total. The van der Waals surface area contributed by atoms with Gasteiger partial charge in [-0.15, -0.1) is 0 Å². The van der Waals surface area contributed by atoms with E-state index in [1.807, 2.05) is 19.9 Å². The summed E-state index contributed by atoms with van der Waals surface area (Å²) in [5.41, 5.74) is 3.21. The van der Waals surface area contributed by atoms with Gasteiger partial charge in [-0.3, -0.25) is 9.59 Å². The molecule has 0 heterocycles. The molecule has 6 heteroatoms. The predicted molar refractivity (Wildman–Crippen MR) is 129 cm³/mol. The highest BCUT2D eigenvalue weighted by molar-refractivity contribution is 6.42. The molecule has 0 radical (unpaired) electrons. The number of aryl methyl sites for hydroxylation is 2. The van der Waals surface area contributed by atoms with Gasteiger partial charge in [0, 0.05) is 19.0 Å². The van der Waals surface area contributed by atoms with Crippen LogP contribution >= 0.6 is 23.2 Å². The quantitative estimate of drug-likeness (QED) is 0.483. The standard InChI is InChI=1S/C25H32Cl2N2O2/c1-5-17(3)28-25(31)18(4)29(16-21-11-13-22(26)23(27)15-21)24(30)14-12-20-9-7-19(6-2)8-10-20/h7-11,13,15,17-18H,5-6,12,14,16H2,1-4H3,(H,28,31)/t17-,18-/m1/s1. The van der Waals surface area contributed by atoms with Crippen LogP contribution in [-0.2, 0) is 29.0 Å². The second-order valence-electron chi connectivity index (χ2n) is 7.93. The highest BCUT2D eigenvalue weighted by Crippen LogP contribution is 2.24. The number of amides is 2. The third-order valence-corrected chi connectivity index (χ3v) is 6.30. The minimum Gasteiger partial charge on any atom is -0.352 e. The molecule has 2 aromatic rings. The van der Waals surface area contributed by atoms with Crippen molar-refractivity contribution < 1.29 is 9.59 Å². The number of nitrogens with zero attached hydrogens (tertiary/aromatic N) is 1. The number of carbonyl (C=O) groups is 2. The van der Waals surface area contributed by atoms with E-state index in [1.54, 1.807) is 24.0 Å². The van der Waals surface area contributed by atoms with E-state index in [0.29, 0.717) is 29.4 Å². The molecule has 0 saturated heterocycles. The monoisotopic (exact) mass is 462 g/mol. The molecule has 0 fully saturated rings. The zero-order valence-corrected chi connectivity index (χ0v) is 20.3. The van der Waals surface area contributed by atoms with Crippen LogP contribution in [0.15, 0.2) is 42.5 Å². The van der Waals surface area contributed by atoms with Crippen LogP contribution in [0.1, 0.15) is 57.2 Å². The van der Waals surface area contributed by atoms with Crippen molar-refractivity contribution in [2.24, 2.45) is 0 Å². The molecule has 0 aromatic heterocycles. The van der Waals surface area contributed by atoms with Crippen molar-refractivity contribution in [1.29, 1.82) is 0 Å². The lowest BCUT2D eigenvalue weighted by Crippen LogP contribution is -2.49. The molecular weight excluding hydrogens is 431 g/mol. The van der Waals surface area contributed by atoms with Crippen LogP contribution in [-0.4, -0.2) is 28.8 Å². The van der Waals surface area contributed by atoms with Crippen LogP contribution in [0.3, 0.4) is 0 Å². The maximum Gasteiger partial charge on any atom is 0.242 e. The largest absolute Gasteiger partial charge is 0.352 e. The fourth-order valence-electron chi connectivity index (χ4n) is 3.22. The van der Waals surface area contributed by atoms with E-state index >= 15 is 0 Å². The van der Waals surface area contributed by atoms with Crippen LogP contribution < -0.4 is 5.32 Å². The molecule has 31 heavy (non-hydrogen) atoms. The second-order valence-corrected chi connectivity index (χ2v) is 8.75. The number of hydrogen-bond acceptors (Lipinski definition) is 2. The number of carbonyl (C=O) groups excluding carboxylic acids is 2. The number of rotatable bonds is 10. The molecule has 0 spiro atoms. The normalized spacial score (nSPS) is 12.8. The van der Waals surface area contributed by atoms with E-state index in [9.17, 15) is 9.59 Å². The van der Waals surface area contributed by atoms with Gasteiger partial charge in [0.05, 0.1) is 10.0 Å². The molecule has 0 aliphatic rings. The molecule has 2 amide bonds. The molecule has 2 aromatic carbocycles. The number of benzene rings is 2. The fraction of sp³-hybridized carbons (Fsp3) is 0.440. The molecule has 2 atom stereocenters. The van der Waals surface area contributed by atoms with Crippen LogP contribution in [0, 0.1) is 0 Å². The van der Waals surface area contributed by atoms with Gasteiger partial charge in [0.1, 0.15) is 6.04 Å². The summed E-state index contributed by atoms with van der Waals surface area (Å²) < 4.78 is 0. The molecule has 168 valence electrons. The summed E-state index contributed by atoms with van der Waals surface area (Å²) in [5, 5.41) is 3.87. The van der Waals surface area contributed by atoms with Gasteiger partial charge >= 0.3 is 0 Å². The Hall–Kier alpha value is -2.04. The Kier molecular flexibility index (Phi) is 9.86. The van der Waals surface area contributed by atoms with Crippen molar-refractivity contribution >= 4 is 35.0 Å². The summed E-state index contributed by atoms with van der Waals surface area (Å²) >= 11 is 12.2. The van der Waals surface area contributed by atoms with Crippen LogP contribution in [0.4, 0.5) is 0 Å². The first kappa shape index (κ1) is 25.2. The molecule has 4 nitrogen and oxygen atoms in total. The van der Waals surface area contributed by atoms with Gasteiger partial charge in [-0.2, -0.15) is 0 Å². The van der Waals surface area contributed by atoms with Gasteiger partial charge in [-0.05, 0) is 61.9 Å². The van der Waals surface area contributed by atoms with E-state index in [1.165, 1.54) is 5.56 Å². The van der Waals surface area contributed by atoms with Crippen molar-refractivity contribution in [1.82, 2.24) is 10.2 Å². The average Bonchev–Trinajstić information content (AvgIpc) is 2.77.